The molecule has 2 aromatic heterocycles. The fourth-order valence-electron chi connectivity index (χ4n) is 2.80. The van der Waals surface area contributed by atoms with Crippen molar-refractivity contribution >= 4 is 33.6 Å². The van der Waals surface area contributed by atoms with Gasteiger partial charge in [0, 0.05) is 17.2 Å². The molecule has 4 aromatic rings. The van der Waals surface area contributed by atoms with Gasteiger partial charge in [-0.25, -0.2) is 9.36 Å². The third kappa shape index (κ3) is 6.04. The molecule has 34 heavy (non-hydrogen) atoms. The van der Waals surface area contributed by atoms with Gasteiger partial charge >= 0.3 is 18.4 Å². The van der Waals surface area contributed by atoms with Gasteiger partial charge in [0.1, 0.15) is 5.75 Å². The zero-order valence-electron chi connectivity index (χ0n) is 17.2. The van der Waals surface area contributed by atoms with Crippen LogP contribution in [-0.2, 0) is 4.74 Å². The molecule has 182 valence electrons. The monoisotopic (exact) mass is 509 g/mol. The highest BCUT2D eigenvalue weighted by Gasteiger charge is 2.31. The normalized spacial score (nSPS) is 12.6. The SMILES string of the molecule is C/C=C(\C)OC(F)(F)F.O=c1[nH]c2cc(OC(F)(F)F)ccc2n1-c1noc2cc(Cl)ccc12. The largest absolute Gasteiger partial charge is 0.573 e. The summed E-state index contributed by atoms with van der Waals surface area (Å²) in [6.45, 7) is 2.72. The number of aromatic amines is 1. The van der Waals surface area contributed by atoms with Crippen LogP contribution in [-0.4, -0.2) is 27.4 Å². The Balaban J connectivity index is 0.000000309. The van der Waals surface area contributed by atoms with E-state index in [-0.39, 0.29) is 17.1 Å². The number of allylic oxidation sites excluding steroid dienone is 2. The van der Waals surface area contributed by atoms with Crippen LogP contribution in [0.25, 0.3) is 27.8 Å². The smallest absolute Gasteiger partial charge is 0.411 e. The van der Waals surface area contributed by atoms with E-state index in [0.29, 0.717) is 21.5 Å². The summed E-state index contributed by atoms with van der Waals surface area (Å²) in [4.78, 5) is 14.8. The molecule has 0 amide bonds. The first kappa shape index (κ1) is 25.0. The van der Waals surface area contributed by atoms with Crippen molar-refractivity contribution in [2.24, 2.45) is 0 Å². The number of ether oxygens (including phenoxy) is 2. The van der Waals surface area contributed by atoms with Gasteiger partial charge in [0.05, 0.1) is 22.2 Å². The molecule has 0 saturated carbocycles. The van der Waals surface area contributed by atoms with Crippen molar-refractivity contribution in [3.8, 4) is 11.6 Å². The van der Waals surface area contributed by atoms with Gasteiger partial charge < -0.3 is 19.0 Å². The summed E-state index contributed by atoms with van der Waals surface area (Å²) in [5, 5.41) is 4.84. The summed E-state index contributed by atoms with van der Waals surface area (Å²) >= 11 is 5.88. The summed E-state index contributed by atoms with van der Waals surface area (Å²) < 4.78 is 84.3. The predicted molar refractivity (Wildman–Crippen MR) is 110 cm³/mol. The van der Waals surface area contributed by atoms with Gasteiger partial charge in [-0.15, -0.1) is 26.3 Å². The third-order valence-corrected chi connectivity index (χ3v) is 4.43. The number of hydrogen-bond acceptors (Lipinski definition) is 5. The van der Waals surface area contributed by atoms with Gasteiger partial charge in [-0.05, 0) is 44.2 Å². The molecular formula is C20H14ClF6N3O4. The second-order valence-electron chi connectivity index (χ2n) is 6.59. The lowest BCUT2D eigenvalue weighted by Gasteiger charge is -2.08. The number of nitrogens with one attached hydrogen (secondary N) is 1. The van der Waals surface area contributed by atoms with Crippen LogP contribution in [0.15, 0.2) is 57.6 Å². The van der Waals surface area contributed by atoms with Crippen molar-refractivity contribution in [3.05, 3.63) is 63.7 Å². The van der Waals surface area contributed by atoms with Crippen LogP contribution in [0.3, 0.4) is 0 Å². The van der Waals surface area contributed by atoms with Crippen molar-refractivity contribution < 1.29 is 40.3 Å². The minimum atomic E-state index is -4.82. The van der Waals surface area contributed by atoms with E-state index in [2.05, 4.69) is 19.6 Å². The maximum atomic E-state index is 12.3. The topological polar surface area (TPSA) is 82.3 Å². The second-order valence-corrected chi connectivity index (χ2v) is 7.02. The second kappa shape index (κ2) is 9.33. The molecular weight excluding hydrogens is 496 g/mol. The summed E-state index contributed by atoms with van der Waals surface area (Å²) in [7, 11) is 0. The molecule has 2 heterocycles. The Labute approximate surface area is 191 Å². The Morgan fingerprint density at radius 2 is 1.82 bits per heavy atom. The van der Waals surface area contributed by atoms with E-state index >= 15 is 0 Å². The van der Waals surface area contributed by atoms with E-state index in [1.54, 1.807) is 18.2 Å². The van der Waals surface area contributed by atoms with E-state index in [1.165, 1.54) is 30.6 Å². The van der Waals surface area contributed by atoms with Gasteiger partial charge in [-0.2, -0.15) is 0 Å². The fraction of sp³-hybridized carbons (Fsp3) is 0.200. The number of fused-ring (bicyclic) bond motifs is 2. The lowest BCUT2D eigenvalue weighted by atomic mass is 10.2. The Kier molecular flexibility index (Phi) is 6.87. The average Bonchev–Trinajstić information content (AvgIpc) is 3.24. The molecule has 0 atom stereocenters. The first-order valence-corrected chi connectivity index (χ1v) is 9.59. The minimum Gasteiger partial charge on any atom is -0.411 e. The minimum absolute atomic E-state index is 0.137. The van der Waals surface area contributed by atoms with E-state index in [4.69, 9.17) is 16.1 Å². The molecule has 0 saturated heterocycles. The van der Waals surface area contributed by atoms with E-state index in [0.717, 1.165) is 12.1 Å². The van der Waals surface area contributed by atoms with Crippen LogP contribution in [0.1, 0.15) is 13.8 Å². The van der Waals surface area contributed by atoms with Crippen LogP contribution in [0.5, 0.6) is 5.75 Å². The first-order chi connectivity index (χ1) is 15.8. The van der Waals surface area contributed by atoms with E-state index in [1.807, 2.05) is 0 Å². The molecule has 4 rings (SSSR count). The standard InChI is InChI=1S/C15H7ClF3N3O3.C5H7F3O/c16-7-1-3-9-12(5-7)25-21-13(9)22-11-4-2-8(24-15(17,18)19)6-10(11)20-14(22)23;1-3-4(2)9-5(6,7)8/h1-6H,(H,20,23);3H,1-2H3/b;4-3+. The van der Waals surface area contributed by atoms with Gasteiger partial charge in [0.15, 0.2) is 11.4 Å². The quantitative estimate of drug-likeness (QED) is 0.253. The van der Waals surface area contributed by atoms with Gasteiger partial charge in [-0.3, -0.25) is 0 Å². The van der Waals surface area contributed by atoms with E-state index in [9.17, 15) is 31.1 Å². The fourth-order valence-corrected chi connectivity index (χ4v) is 2.96. The highest BCUT2D eigenvalue weighted by atomic mass is 35.5. The number of benzene rings is 2. The number of aromatic nitrogens is 3. The number of hydrogen-bond donors (Lipinski definition) is 1. The molecule has 0 bridgehead atoms. The number of rotatable bonds is 3. The molecule has 2 aromatic carbocycles. The molecule has 14 heteroatoms. The Bertz CT molecular complexity index is 1400. The van der Waals surface area contributed by atoms with Gasteiger partial charge in [0.25, 0.3) is 0 Å². The Hall–Kier alpha value is -3.61. The van der Waals surface area contributed by atoms with E-state index < -0.39 is 24.2 Å². The Morgan fingerprint density at radius 1 is 1.12 bits per heavy atom. The summed E-state index contributed by atoms with van der Waals surface area (Å²) in [6.07, 6.45) is -8.12. The molecule has 0 fully saturated rings. The Morgan fingerprint density at radius 3 is 2.41 bits per heavy atom. The molecule has 1 N–H and O–H groups in total. The summed E-state index contributed by atoms with van der Waals surface area (Å²) in [5.41, 5.74) is 0.284. The highest BCUT2D eigenvalue weighted by molar-refractivity contribution is 6.31. The molecule has 0 aliphatic carbocycles. The number of imidazole rings is 1. The maximum Gasteiger partial charge on any atom is 0.573 e. The van der Waals surface area contributed by atoms with Crippen molar-refractivity contribution in [3.63, 3.8) is 0 Å². The van der Waals surface area contributed by atoms with Crippen LogP contribution in [0.2, 0.25) is 5.02 Å². The molecule has 0 aliphatic rings. The van der Waals surface area contributed by atoms with Crippen molar-refractivity contribution in [1.29, 1.82) is 0 Å². The van der Waals surface area contributed by atoms with Crippen LogP contribution in [0.4, 0.5) is 26.3 Å². The molecule has 0 spiro atoms. The van der Waals surface area contributed by atoms with Crippen molar-refractivity contribution in [2.75, 3.05) is 0 Å². The summed E-state index contributed by atoms with van der Waals surface area (Å²) in [5.74, 6) is -0.375. The lowest BCUT2D eigenvalue weighted by molar-refractivity contribution is -0.305. The number of nitrogens with zero attached hydrogens (tertiary/aromatic N) is 2. The summed E-state index contributed by atoms with van der Waals surface area (Å²) in [6, 6.07) is 8.31. The molecule has 0 radical (unpaired) electrons. The predicted octanol–water partition coefficient (Wildman–Crippen LogP) is 6.46. The van der Waals surface area contributed by atoms with Crippen LogP contribution < -0.4 is 10.4 Å². The maximum absolute atomic E-state index is 12.3. The van der Waals surface area contributed by atoms with Gasteiger partial charge in [-0.1, -0.05) is 16.8 Å². The van der Waals surface area contributed by atoms with Gasteiger partial charge in [0.2, 0.25) is 0 Å². The average molecular weight is 510 g/mol. The number of halogens is 7. The zero-order chi connectivity index (χ0) is 25.3. The van der Waals surface area contributed by atoms with Crippen LogP contribution >= 0.6 is 11.6 Å². The molecule has 0 aliphatic heterocycles. The third-order valence-electron chi connectivity index (χ3n) is 4.20. The van der Waals surface area contributed by atoms with Crippen molar-refractivity contribution in [2.45, 2.75) is 26.6 Å². The number of alkyl halides is 6. The van der Waals surface area contributed by atoms with Crippen molar-refractivity contribution in [1.82, 2.24) is 14.7 Å². The van der Waals surface area contributed by atoms with Crippen LogP contribution in [0, 0.1) is 0 Å². The molecule has 7 nitrogen and oxygen atoms in total. The first-order valence-electron chi connectivity index (χ1n) is 9.22. The zero-order valence-corrected chi connectivity index (χ0v) is 18.0. The molecule has 0 unspecified atom stereocenters. The highest BCUT2D eigenvalue weighted by Crippen LogP contribution is 2.29. The number of H-pyrrole nitrogens is 1. The lowest BCUT2D eigenvalue weighted by Crippen LogP contribution is -2.17.